The molecule has 4 aliphatic rings. The molecule has 4 aliphatic heterocycles. The van der Waals surface area contributed by atoms with Crippen molar-refractivity contribution in [1.29, 1.82) is 0 Å². The Kier molecular flexibility index (Phi) is 4.72. The van der Waals surface area contributed by atoms with Crippen LogP contribution in [-0.2, 0) is 16.1 Å². The average Bonchev–Trinajstić information content (AvgIpc) is 3.18. The summed E-state index contributed by atoms with van der Waals surface area (Å²) in [6, 6.07) is 4.65. The molecule has 0 aromatic carbocycles. The number of carbonyl (C=O) groups excluding carboxylic acids is 2. The van der Waals surface area contributed by atoms with Crippen LogP contribution in [0.5, 0.6) is 0 Å². The summed E-state index contributed by atoms with van der Waals surface area (Å²) in [5, 5.41) is 6.26. The van der Waals surface area contributed by atoms with Crippen molar-refractivity contribution in [2.75, 3.05) is 20.2 Å². The molecule has 0 saturated carbocycles. The minimum Gasteiger partial charge on any atom is -0.465 e. The first-order valence-corrected chi connectivity index (χ1v) is 10.5. The third-order valence-corrected chi connectivity index (χ3v) is 6.58. The number of esters is 1. The van der Waals surface area contributed by atoms with Gasteiger partial charge in [-0.15, -0.1) is 0 Å². The lowest BCUT2D eigenvalue weighted by Crippen LogP contribution is -2.50. The molecule has 3 atom stereocenters. The maximum Gasteiger partial charge on any atom is 0.341 e. The number of hydrogen-bond acceptors (Lipinski definition) is 6. The van der Waals surface area contributed by atoms with E-state index in [1.165, 1.54) is 19.5 Å². The fourth-order valence-corrected chi connectivity index (χ4v) is 5.01. The molecule has 10 nitrogen and oxygen atoms in total. The van der Waals surface area contributed by atoms with Gasteiger partial charge < -0.3 is 18.8 Å². The van der Waals surface area contributed by atoms with Gasteiger partial charge in [-0.25, -0.2) is 9.89 Å². The van der Waals surface area contributed by atoms with Crippen LogP contribution in [0.25, 0.3) is 11.3 Å². The van der Waals surface area contributed by atoms with Crippen LogP contribution in [-0.4, -0.2) is 56.3 Å². The van der Waals surface area contributed by atoms with E-state index in [2.05, 4.69) is 10.2 Å². The zero-order chi connectivity index (χ0) is 22.6. The number of rotatable bonds is 3. The predicted octanol–water partition coefficient (Wildman–Crippen LogP) is 0.831. The number of nitrogens with zero attached hydrogens (tertiary/aromatic N) is 4. The van der Waals surface area contributed by atoms with E-state index in [0.29, 0.717) is 19.6 Å². The number of hydrogen-bond donors (Lipinski definition) is 1. The first kappa shape index (κ1) is 20.2. The summed E-state index contributed by atoms with van der Waals surface area (Å²) in [5.41, 5.74) is 1.08. The number of likely N-dealkylation sites (tertiary alicyclic amines) is 1. The summed E-state index contributed by atoms with van der Waals surface area (Å²) in [6.07, 6.45) is 3.98. The highest BCUT2D eigenvalue weighted by molar-refractivity contribution is 5.96. The Labute approximate surface area is 182 Å². The first-order chi connectivity index (χ1) is 15.4. The second kappa shape index (κ2) is 7.47. The minimum absolute atomic E-state index is 0.00179. The number of aromatic amines is 1. The summed E-state index contributed by atoms with van der Waals surface area (Å²) < 4.78 is 8.22. The van der Waals surface area contributed by atoms with Gasteiger partial charge in [-0.05, 0) is 25.3 Å². The molecule has 1 amide bonds. The van der Waals surface area contributed by atoms with Crippen LogP contribution in [0.15, 0.2) is 40.2 Å². The van der Waals surface area contributed by atoms with Gasteiger partial charge in [0.2, 0.25) is 5.91 Å². The maximum absolute atomic E-state index is 13.4. The van der Waals surface area contributed by atoms with E-state index in [0.717, 1.165) is 12.1 Å². The Morgan fingerprint density at radius 1 is 1.19 bits per heavy atom. The van der Waals surface area contributed by atoms with E-state index in [9.17, 15) is 19.2 Å². The Morgan fingerprint density at radius 3 is 2.78 bits per heavy atom. The molecular formula is C22H23N5O5. The van der Waals surface area contributed by atoms with Crippen LogP contribution in [0.2, 0.25) is 0 Å². The second-order valence-corrected chi connectivity index (χ2v) is 8.54. The van der Waals surface area contributed by atoms with Crippen molar-refractivity contribution >= 4 is 11.9 Å². The molecule has 1 saturated heterocycles. The minimum atomic E-state index is -0.645. The van der Waals surface area contributed by atoms with Crippen molar-refractivity contribution in [3.05, 3.63) is 62.6 Å². The largest absolute Gasteiger partial charge is 0.465 e. The van der Waals surface area contributed by atoms with Crippen LogP contribution in [0.4, 0.5) is 0 Å². The van der Waals surface area contributed by atoms with Gasteiger partial charge in [-0.1, -0.05) is 6.07 Å². The van der Waals surface area contributed by atoms with Crippen molar-refractivity contribution in [3.8, 4) is 11.3 Å². The number of pyridine rings is 2. The maximum atomic E-state index is 13.4. The molecule has 5 heterocycles. The third-order valence-electron chi connectivity index (χ3n) is 6.58. The van der Waals surface area contributed by atoms with Crippen LogP contribution in [0.1, 0.15) is 41.4 Å². The van der Waals surface area contributed by atoms with Gasteiger partial charge >= 0.3 is 5.97 Å². The number of amides is 1. The zero-order valence-electron chi connectivity index (χ0n) is 17.8. The molecule has 0 aliphatic carbocycles. The summed E-state index contributed by atoms with van der Waals surface area (Å²) in [6.45, 7) is 3.42. The summed E-state index contributed by atoms with van der Waals surface area (Å²) in [7, 11) is 1.25. The van der Waals surface area contributed by atoms with E-state index in [1.54, 1.807) is 23.6 Å². The lowest BCUT2D eigenvalue weighted by atomic mass is 9.83. The normalized spacial score (nSPS) is 20.6. The highest BCUT2D eigenvalue weighted by Gasteiger charge is 2.37. The van der Waals surface area contributed by atoms with Gasteiger partial charge in [-0.2, -0.15) is 5.10 Å². The van der Waals surface area contributed by atoms with Crippen LogP contribution < -0.4 is 11.1 Å². The number of fused-ring (bicyclic) bond motifs is 5. The van der Waals surface area contributed by atoms with Crippen LogP contribution in [0.3, 0.4) is 0 Å². The molecule has 0 radical (unpaired) electrons. The number of ether oxygens (including phenoxy) is 1. The molecule has 166 valence electrons. The lowest BCUT2D eigenvalue weighted by Gasteiger charge is -2.43. The fraction of sp³-hybridized carbons (Fsp3) is 0.409. The standard InChI is InChI=1S/C22H23N5O5/c1-12(25-10-15-19(23-24-20(15)29)16(11-25)22(31)32-2)21(30)26-7-13-6-14(9-26)17-4-3-5-18(28)27(17)8-13/h3-5,10-14H,6-9H2,1-2H3,(H,24,29). The van der Waals surface area contributed by atoms with Crippen LogP contribution in [0, 0.1) is 5.92 Å². The highest BCUT2D eigenvalue weighted by atomic mass is 16.5. The van der Waals surface area contributed by atoms with Gasteiger partial charge in [0.05, 0.1) is 12.7 Å². The van der Waals surface area contributed by atoms with Crippen molar-refractivity contribution in [2.24, 2.45) is 5.92 Å². The van der Waals surface area contributed by atoms with Crippen molar-refractivity contribution in [2.45, 2.75) is 31.8 Å². The Bertz CT molecular complexity index is 1300. The fourth-order valence-electron chi connectivity index (χ4n) is 5.01. The number of aromatic nitrogens is 4. The number of methoxy groups -OCH3 is 1. The van der Waals surface area contributed by atoms with E-state index < -0.39 is 17.6 Å². The average molecular weight is 437 g/mol. The Morgan fingerprint density at radius 2 is 2.00 bits per heavy atom. The number of carbonyl (C=O) groups is 2. The van der Waals surface area contributed by atoms with Crippen molar-refractivity contribution in [3.63, 3.8) is 0 Å². The van der Waals surface area contributed by atoms with Gasteiger partial charge in [-0.3, -0.25) is 14.4 Å². The number of nitrogens with one attached hydrogen (secondary N) is 1. The van der Waals surface area contributed by atoms with Gasteiger partial charge in [0.25, 0.3) is 11.1 Å². The monoisotopic (exact) mass is 437 g/mol. The first-order valence-electron chi connectivity index (χ1n) is 10.5. The quantitative estimate of drug-likeness (QED) is 0.606. The highest BCUT2D eigenvalue weighted by Crippen LogP contribution is 2.36. The van der Waals surface area contributed by atoms with E-state index in [-0.39, 0.29) is 40.1 Å². The smallest absolute Gasteiger partial charge is 0.341 e. The lowest BCUT2D eigenvalue weighted by molar-refractivity contribution is -0.137. The molecule has 3 unspecified atom stereocenters. The topological polar surface area (TPSA) is 119 Å². The zero-order valence-corrected chi connectivity index (χ0v) is 17.8. The SMILES string of the molecule is COC(=O)c1cn(C(C)C(=O)N2CC3CC(C2)c2cccc(=O)n2C3)cc2c(=O)[nH]nc1-2. The number of piperidine rings is 1. The summed E-state index contributed by atoms with van der Waals surface area (Å²) in [5.74, 6) is -0.432. The number of H-pyrrole nitrogens is 1. The second-order valence-electron chi connectivity index (χ2n) is 8.54. The molecule has 32 heavy (non-hydrogen) atoms. The Hall–Kier alpha value is -3.69. The molecule has 2 bridgehead atoms. The molecular weight excluding hydrogens is 414 g/mol. The summed E-state index contributed by atoms with van der Waals surface area (Å²) >= 11 is 0. The molecule has 10 heteroatoms. The molecule has 1 aromatic heterocycles. The summed E-state index contributed by atoms with van der Waals surface area (Å²) in [4.78, 5) is 51.9. The van der Waals surface area contributed by atoms with E-state index in [4.69, 9.17) is 4.74 Å². The van der Waals surface area contributed by atoms with E-state index >= 15 is 0 Å². The van der Waals surface area contributed by atoms with Gasteiger partial charge in [0.1, 0.15) is 17.3 Å². The van der Waals surface area contributed by atoms with Crippen molar-refractivity contribution in [1.82, 2.24) is 24.2 Å². The van der Waals surface area contributed by atoms with Gasteiger partial charge in [0, 0.05) is 49.7 Å². The Balaban J connectivity index is 1.46. The molecule has 0 spiro atoms. The van der Waals surface area contributed by atoms with E-state index in [1.807, 2.05) is 15.5 Å². The van der Waals surface area contributed by atoms with Crippen molar-refractivity contribution < 1.29 is 14.3 Å². The predicted molar refractivity (Wildman–Crippen MR) is 114 cm³/mol. The molecule has 1 fully saturated rings. The third kappa shape index (κ3) is 3.14. The molecule has 5 rings (SSSR count). The molecule has 1 aromatic rings. The van der Waals surface area contributed by atoms with Crippen LogP contribution >= 0.6 is 0 Å². The molecule has 1 N–H and O–H groups in total. The van der Waals surface area contributed by atoms with Gasteiger partial charge in [0.15, 0.2) is 0 Å².